The van der Waals surface area contributed by atoms with Crippen LogP contribution in [0.2, 0.25) is 0 Å². The van der Waals surface area contributed by atoms with Gasteiger partial charge in [-0.1, -0.05) is 30.3 Å². The Morgan fingerprint density at radius 2 is 1.42 bits per heavy atom. The minimum Gasteiger partial charge on any atom is -0.493 e. The van der Waals surface area contributed by atoms with Crippen LogP contribution in [0.25, 0.3) is 0 Å². The van der Waals surface area contributed by atoms with Gasteiger partial charge < -0.3 is 9.47 Å². The molecule has 1 fully saturated rings. The molecule has 2 aromatic rings. The monoisotopic (exact) mass is 254 g/mol. The van der Waals surface area contributed by atoms with Crippen LogP contribution >= 0.6 is 0 Å². The van der Waals surface area contributed by atoms with Crippen LogP contribution in [0.4, 0.5) is 0 Å². The summed E-state index contributed by atoms with van der Waals surface area (Å²) in [5.74, 6) is 2.59. The number of benzene rings is 2. The molecule has 0 heterocycles. The molecule has 0 bridgehead atoms. The van der Waals surface area contributed by atoms with Gasteiger partial charge in [-0.15, -0.1) is 0 Å². The molecule has 0 aliphatic heterocycles. The van der Waals surface area contributed by atoms with Gasteiger partial charge in [-0.3, -0.25) is 0 Å². The summed E-state index contributed by atoms with van der Waals surface area (Å²) in [5, 5.41) is 0. The lowest BCUT2D eigenvalue weighted by Crippen LogP contribution is -1.99. The van der Waals surface area contributed by atoms with Crippen LogP contribution in [0.1, 0.15) is 18.4 Å². The first kappa shape index (κ1) is 12.1. The van der Waals surface area contributed by atoms with Gasteiger partial charge in [0.25, 0.3) is 0 Å². The third-order valence-electron chi connectivity index (χ3n) is 3.25. The molecule has 1 saturated carbocycles. The van der Waals surface area contributed by atoms with Crippen molar-refractivity contribution in [3.63, 3.8) is 0 Å². The van der Waals surface area contributed by atoms with Gasteiger partial charge in [-0.25, -0.2) is 0 Å². The van der Waals surface area contributed by atoms with Crippen LogP contribution in [0.15, 0.2) is 54.6 Å². The van der Waals surface area contributed by atoms with Crippen LogP contribution in [-0.4, -0.2) is 6.61 Å². The van der Waals surface area contributed by atoms with E-state index in [2.05, 4.69) is 12.1 Å². The van der Waals surface area contributed by atoms with Gasteiger partial charge in [0.05, 0.1) is 6.61 Å². The van der Waals surface area contributed by atoms with E-state index in [1.54, 1.807) is 0 Å². The molecule has 0 amide bonds. The van der Waals surface area contributed by atoms with E-state index in [4.69, 9.17) is 9.47 Å². The van der Waals surface area contributed by atoms with Crippen molar-refractivity contribution in [3.8, 4) is 11.5 Å². The molecule has 1 aliphatic rings. The molecule has 0 saturated heterocycles. The van der Waals surface area contributed by atoms with E-state index < -0.39 is 0 Å². The second-order valence-corrected chi connectivity index (χ2v) is 5.00. The Hall–Kier alpha value is -1.96. The highest BCUT2D eigenvalue weighted by molar-refractivity contribution is 5.31. The molecule has 19 heavy (non-hydrogen) atoms. The van der Waals surface area contributed by atoms with Gasteiger partial charge in [-0.2, -0.15) is 0 Å². The van der Waals surface area contributed by atoms with Gasteiger partial charge in [0.15, 0.2) is 0 Å². The Kier molecular flexibility index (Phi) is 3.68. The molecule has 0 spiro atoms. The van der Waals surface area contributed by atoms with Crippen molar-refractivity contribution in [2.75, 3.05) is 6.61 Å². The zero-order chi connectivity index (χ0) is 12.9. The van der Waals surface area contributed by atoms with E-state index in [9.17, 15) is 0 Å². The molecule has 98 valence electrons. The maximum Gasteiger partial charge on any atom is 0.120 e. The number of rotatable bonds is 6. The molecule has 0 aromatic heterocycles. The first-order valence-corrected chi connectivity index (χ1v) is 6.80. The number of hydrogen-bond acceptors (Lipinski definition) is 2. The summed E-state index contributed by atoms with van der Waals surface area (Å²) >= 11 is 0. The van der Waals surface area contributed by atoms with E-state index in [1.165, 1.54) is 18.4 Å². The van der Waals surface area contributed by atoms with Crippen molar-refractivity contribution in [1.82, 2.24) is 0 Å². The Bertz CT molecular complexity index is 501. The lowest BCUT2D eigenvalue weighted by Gasteiger charge is -2.08. The standard InChI is InChI=1S/C17H18O2/c1-2-4-14(5-3-1)12-18-16-8-10-17(11-9-16)19-13-15-6-7-15/h1-5,8-11,15H,6-7,12-13H2. The van der Waals surface area contributed by atoms with Crippen molar-refractivity contribution in [3.05, 3.63) is 60.2 Å². The average Bonchev–Trinajstić information content (AvgIpc) is 3.29. The number of ether oxygens (including phenoxy) is 2. The molecule has 0 radical (unpaired) electrons. The Labute approximate surface area is 114 Å². The smallest absolute Gasteiger partial charge is 0.120 e. The predicted octanol–water partition coefficient (Wildman–Crippen LogP) is 4.05. The van der Waals surface area contributed by atoms with E-state index in [-0.39, 0.29) is 0 Å². The van der Waals surface area contributed by atoms with Crippen LogP contribution in [0.5, 0.6) is 11.5 Å². The molecule has 2 nitrogen and oxygen atoms in total. The molecule has 1 aliphatic carbocycles. The Balaban J connectivity index is 1.50. The Morgan fingerprint density at radius 1 is 0.789 bits per heavy atom. The van der Waals surface area contributed by atoms with Gasteiger partial charge in [-0.05, 0) is 48.6 Å². The summed E-state index contributed by atoms with van der Waals surface area (Å²) in [6, 6.07) is 18.1. The maximum absolute atomic E-state index is 5.73. The molecular weight excluding hydrogens is 236 g/mol. The van der Waals surface area contributed by atoms with Gasteiger partial charge in [0, 0.05) is 0 Å². The van der Waals surface area contributed by atoms with Crippen molar-refractivity contribution in [2.24, 2.45) is 5.92 Å². The topological polar surface area (TPSA) is 18.5 Å². The third kappa shape index (κ3) is 3.75. The van der Waals surface area contributed by atoms with E-state index in [0.717, 1.165) is 24.0 Å². The van der Waals surface area contributed by atoms with Crippen LogP contribution in [0.3, 0.4) is 0 Å². The van der Waals surface area contributed by atoms with Crippen molar-refractivity contribution in [1.29, 1.82) is 0 Å². The van der Waals surface area contributed by atoms with Crippen LogP contribution in [0, 0.1) is 5.92 Å². The van der Waals surface area contributed by atoms with Crippen molar-refractivity contribution in [2.45, 2.75) is 19.4 Å². The Morgan fingerprint density at radius 3 is 2.05 bits per heavy atom. The molecule has 0 atom stereocenters. The zero-order valence-corrected chi connectivity index (χ0v) is 10.9. The molecule has 0 N–H and O–H groups in total. The SMILES string of the molecule is c1ccc(COc2ccc(OCC3CC3)cc2)cc1. The summed E-state index contributed by atoms with van der Waals surface area (Å²) in [4.78, 5) is 0. The third-order valence-corrected chi connectivity index (χ3v) is 3.25. The largest absolute Gasteiger partial charge is 0.493 e. The molecular formula is C17H18O2. The molecule has 2 aromatic carbocycles. The highest BCUT2D eigenvalue weighted by atomic mass is 16.5. The summed E-state index contributed by atoms with van der Waals surface area (Å²) < 4.78 is 11.4. The van der Waals surface area contributed by atoms with Gasteiger partial charge >= 0.3 is 0 Å². The zero-order valence-electron chi connectivity index (χ0n) is 10.9. The molecule has 3 rings (SSSR count). The predicted molar refractivity (Wildman–Crippen MR) is 75.4 cm³/mol. The second-order valence-electron chi connectivity index (χ2n) is 5.00. The lowest BCUT2D eigenvalue weighted by atomic mass is 10.2. The highest BCUT2D eigenvalue weighted by Crippen LogP contribution is 2.29. The van der Waals surface area contributed by atoms with Gasteiger partial charge in [0.2, 0.25) is 0 Å². The fraction of sp³-hybridized carbons (Fsp3) is 0.294. The van der Waals surface area contributed by atoms with Gasteiger partial charge in [0.1, 0.15) is 18.1 Å². The second kappa shape index (κ2) is 5.79. The molecule has 0 unspecified atom stereocenters. The summed E-state index contributed by atoms with van der Waals surface area (Å²) in [6.45, 7) is 1.45. The van der Waals surface area contributed by atoms with E-state index in [0.29, 0.717) is 6.61 Å². The fourth-order valence-corrected chi connectivity index (χ4v) is 1.87. The van der Waals surface area contributed by atoms with Crippen LogP contribution in [-0.2, 0) is 6.61 Å². The summed E-state index contributed by atoms with van der Waals surface area (Å²) in [5.41, 5.74) is 1.18. The summed E-state index contributed by atoms with van der Waals surface area (Å²) in [6.07, 6.45) is 2.64. The maximum atomic E-state index is 5.73. The first-order chi connectivity index (χ1) is 9.40. The minimum atomic E-state index is 0.600. The highest BCUT2D eigenvalue weighted by Gasteiger charge is 2.21. The van der Waals surface area contributed by atoms with Crippen molar-refractivity contribution >= 4 is 0 Å². The molecule has 2 heteroatoms. The fourth-order valence-electron chi connectivity index (χ4n) is 1.87. The van der Waals surface area contributed by atoms with Crippen LogP contribution < -0.4 is 9.47 Å². The average molecular weight is 254 g/mol. The number of hydrogen-bond donors (Lipinski definition) is 0. The van der Waals surface area contributed by atoms with Crippen molar-refractivity contribution < 1.29 is 9.47 Å². The minimum absolute atomic E-state index is 0.600. The first-order valence-electron chi connectivity index (χ1n) is 6.80. The quantitative estimate of drug-likeness (QED) is 0.774. The summed E-state index contributed by atoms with van der Waals surface area (Å²) in [7, 11) is 0. The van der Waals surface area contributed by atoms with E-state index >= 15 is 0 Å². The lowest BCUT2D eigenvalue weighted by molar-refractivity contribution is 0.294. The normalized spacial score (nSPS) is 14.1. The van der Waals surface area contributed by atoms with E-state index in [1.807, 2.05) is 42.5 Å².